The van der Waals surface area contributed by atoms with Crippen LogP contribution in [0.15, 0.2) is 60.8 Å². The van der Waals surface area contributed by atoms with Crippen molar-refractivity contribution in [2.24, 2.45) is 5.92 Å². The first-order valence-electron chi connectivity index (χ1n) is 11.7. The Morgan fingerprint density at radius 1 is 1.03 bits per heavy atom. The van der Waals surface area contributed by atoms with Gasteiger partial charge in [0.25, 0.3) is 5.88 Å². The lowest BCUT2D eigenvalue weighted by Gasteiger charge is -2.32. The molecule has 0 aliphatic carbocycles. The van der Waals surface area contributed by atoms with E-state index in [-0.39, 0.29) is 6.10 Å². The molecular weight excluding hydrogens is 452 g/mol. The molecule has 2 aliphatic rings. The van der Waals surface area contributed by atoms with E-state index >= 15 is 0 Å². The number of nitrogens with zero attached hydrogens (tertiary/aromatic N) is 1. The number of benzene rings is 1. The molecule has 2 aliphatic heterocycles. The van der Waals surface area contributed by atoms with Crippen LogP contribution >= 0.6 is 0 Å². The maximum absolute atomic E-state index is 9.55. The number of carboxylic acids is 2. The highest BCUT2D eigenvalue weighted by Crippen LogP contribution is 2.32. The summed E-state index contributed by atoms with van der Waals surface area (Å²) < 4.78 is 17.7. The maximum atomic E-state index is 9.55. The topological polar surface area (TPSA) is 127 Å². The number of rotatable bonds is 8. The van der Waals surface area contributed by atoms with Crippen molar-refractivity contribution in [2.75, 3.05) is 32.9 Å². The number of hydrogen-bond donors (Lipinski definition) is 3. The zero-order valence-corrected chi connectivity index (χ0v) is 19.5. The first kappa shape index (κ1) is 26.2. The van der Waals surface area contributed by atoms with Gasteiger partial charge in [-0.25, -0.2) is 14.6 Å². The van der Waals surface area contributed by atoms with E-state index in [1.807, 2.05) is 12.1 Å². The Kier molecular flexibility index (Phi) is 10.5. The minimum atomic E-state index is -1.26. The van der Waals surface area contributed by atoms with Crippen LogP contribution in [-0.2, 0) is 14.3 Å². The zero-order chi connectivity index (χ0) is 24.9. The van der Waals surface area contributed by atoms with Gasteiger partial charge in [-0.05, 0) is 36.6 Å². The van der Waals surface area contributed by atoms with Gasteiger partial charge in [0, 0.05) is 43.7 Å². The van der Waals surface area contributed by atoms with Gasteiger partial charge in [-0.3, -0.25) is 0 Å². The Hall–Kier alpha value is -3.43. The molecule has 9 heteroatoms. The van der Waals surface area contributed by atoms with Gasteiger partial charge in [0.1, 0.15) is 6.10 Å². The summed E-state index contributed by atoms with van der Waals surface area (Å²) in [5, 5.41) is 19.1. The summed E-state index contributed by atoms with van der Waals surface area (Å²) in [6.45, 7) is 4.18. The Morgan fingerprint density at radius 3 is 2.43 bits per heavy atom. The molecule has 0 unspecified atom stereocenters. The van der Waals surface area contributed by atoms with Gasteiger partial charge in [-0.15, -0.1) is 0 Å². The molecule has 188 valence electrons. The predicted molar refractivity (Wildman–Crippen MR) is 129 cm³/mol. The predicted octanol–water partition coefficient (Wildman–Crippen LogP) is 3.12. The third kappa shape index (κ3) is 9.03. The summed E-state index contributed by atoms with van der Waals surface area (Å²) >= 11 is 0. The van der Waals surface area contributed by atoms with E-state index in [1.165, 1.54) is 5.56 Å². The van der Waals surface area contributed by atoms with Crippen LogP contribution in [0.4, 0.5) is 0 Å². The van der Waals surface area contributed by atoms with E-state index < -0.39 is 11.9 Å². The lowest BCUT2D eigenvalue weighted by Crippen LogP contribution is -2.38. The molecule has 0 bridgehead atoms. The first-order valence-corrected chi connectivity index (χ1v) is 11.7. The molecule has 0 amide bonds. The molecule has 1 aromatic heterocycles. The minimum absolute atomic E-state index is 0.157. The Morgan fingerprint density at radius 2 is 1.74 bits per heavy atom. The van der Waals surface area contributed by atoms with E-state index in [0.717, 1.165) is 51.3 Å². The van der Waals surface area contributed by atoms with Crippen molar-refractivity contribution >= 4 is 11.9 Å². The fourth-order valence-electron chi connectivity index (χ4n) is 4.10. The number of carbonyl (C=O) groups is 2. The van der Waals surface area contributed by atoms with Gasteiger partial charge < -0.3 is 29.7 Å². The molecule has 3 N–H and O–H groups in total. The van der Waals surface area contributed by atoms with Crippen molar-refractivity contribution in [2.45, 2.75) is 31.3 Å². The van der Waals surface area contributed by atoms with Crippen LogP contribution in [0.25, 0.3) is 0 Å². The summed E-state index contributed by atoms with van der Waals surface area (Å²) in [5.41, 5.74) is 1.40. The quantitative estimate of drug-likeness (QED) is 0.484. The molecule has 0 spiro atoms. The van der Waals surface area contributed by atoms with Gasteiger partial charge in [-0.1, -0.05) is 30.3 Å². The fraction of sp³-hybridized carbons (Fsp3) is 0.423. The zero-order valence-electron chi connectivity index (χ0n) is 19.5. The molecule has 3 heterocycles. The normalized spacial score (nSPS) is 20.5. The molecule has 2 atom stereocenters. The highest BCUT2D eigenvalue weighted by molar-refractivity contribution is 5.89. The van der Waals surface area contributed by atoms with Crippen molar-refractivity contribution < 1.29 is 34.0 Å². The molecular formula is C26H32N2O7. The summed E-state index contributed by atoms with van der Waals surface area (Å²) in [4.78, 5) is 23.5. The van der Waals surface area contributed by atoms with E-state index in [9.17, 15) is 9.59 Å². The average molecular weight is 485 g/mol. The lowest BCUT2D eigenvalue weighted by molar-refractivity contribution is -0.134. The second kappa shape index (κ2) is 14.1. The van der Waals surface area contributed by atoms with Crippen LogP contribution < -0.4 is 14.8 Å². The SMILES string of the molecule is O=C(O)/C=C/C(=O)O.c1ccc([C@@H]2CCNC[C@H]2COc2cccnc2OC2CCOCC2)cc1. The molecule has 35 heavy (non-hydrogen) atoms. The van der Waals surface area contributed by atoms with Crippen molar-refractivity contribution in [3.63, 3.8) is 0 Å². The number of nitrogens with one attached hydrogen (secondary N) is 1. The highest BCUT2D eigenvalue weighted by Gasteiger charge is 2.27. The number of ether oxygens (including phenoxy) is 3. The van der Waals surface area contributed by atoms with Crippen molar-refractivity contribution in [1.29, 1.82) is 0 Å². The van der Waals surface area contributed by atoms with Crippen LogP contribution in [0.1, 0.15) is 30.7 Å². The van der Waals surface area contributed by atoms with Gasteiger partial charge in [0.2, 0.25) is 0 Å². The fourth-order valence-corrected chi connectivity index (χ4v) is 4.10. The number of hydrogen-bond acceptors (Lipinski definition) is 7. The molecule has 2 aromatic rings. The third-order valence-corrected chi connectivity index (χ3v) is 5.84. The van der Waals surface area contributed by atoms with Crippen LogP contribution in [-0.4, -0.2) is 66.1 Å². The van der Waals surface area contributed by atoms with Gasteiger partial charge in [0.15, 0.2) is 5.75 Å². The number of pyridine rings is 1. The lowest BCUT2D eigenvalue weighted by atomic mass is 9.81. The molecule has 2 fully saturated rings. The summed E-state index contributed by atoms with van der Waals surface area (Å²) in [6, 6.07) is 14.6. The Labute approximate surface area is 204 Å². The summed E-state index contributed by atoms with van der Waals surface area (Å²) in [5.74, 6) is -0.230. The highest BCUT2D eigenvalue weighted by atomic mass is 16.5. The van der Waals surface area contributed by atoms with E-state index in [1.54, 1.807) is 6.20 Å². The largest absolute Gasteiger partial charge is 0.488 e. The number of carboxylic acid groups (broad SMARTS) is 2. The molecule has 1 aromatic carbocycles. The molecule has 2 saturated heterocycles. The van der Waals surface area contributed by atoms with Crippen molar-refractivity contribution in [3.8, 4) is 11.6 Å². The second-order valence-corrected chi connectivity index (χ2v) is 8.33. The van der Waals surface area contributed by atoms with Crippen LogP contribution in [0, 0.1) is 5.92 Å². The maximum Gasteiger partial charge on any atom is 0.328 e. The molecule has 0 saturated carbocycles. The first-order chi connectivity index (χ1) is 17.0. The van der Waals surface area contributed by atoms with E-state index in [0.29, 0.717) is 36.5 Å². The Bertz CT molecular complexity index is 945. The van der Waals surface area contributed by atoms with Gasteiger partial charge >= 0.3 is 11.9 Å². The van der Waals surface area contributed by atoms with E-state index in [2.05, 4.69) is 40.6 Å². The van der Waals surface area contributed by atoms with E-state index in [4.69, 9.17) is 24.4 Å². The minimum Gasteiger partial charge on any atom is -0.488 e. The number of piperidine rings is 1. The van der Waals surface area contributed by atoms with Crippen LogP contribution in [0.5, 0.6) is 11.6 Å². The monoisotopic (exact) mass is 484 g/mol. The summed E-state index contributed by atoms with van der Waals surface area (Å²) in [6.07, 6.45) is 5.97. The third-order valence-electron chi connectivity index (χ3n) is 5.84. The molecule has 0 radical (unpaired) electrons. The number of aliphatic carboxylic acids is 2. The van der Waals surface area contributed by atoms with Gasteiger partial charge in [-0.2, -0.15) is 0 Å². The standard InChI is InChI=1S/C22H28N2O3.C4H4O4/c1-2-5-17(6-3-1)20-8-12-23-15-18(20)16-26-21-7-4-11-24-22(21)27-19-9-13-25-14-10-19;5-3(6)1-2-4(7)8/h1-7,11,18-20,23H,8-10,12-16H2;1-2H,(H,5,6)(H,7,8)/b;2-1+/t18-,20-;/m0./s1. The smallest absolute Gasteiger partial charge is 0.328 e. The summed E-state index contributed by atoms with van der Waals surface area (Å²) in [7, 11) is 0. The second-order valence-electron chi connectivity index (χ2n) is 8.33. The Balaban J connectivity index is 0.000000371. The van der Waals surface area contributed by atoms with Crippen molar-refractivity contribution in [1.82, 2.24) is 10.3 Å². The van der Waals surface area contributed by atoms with Crippen LogP contribution in [0.2, 0.25) is 0 Å². The molecule has 9 nitrogen and oxygen atoms in total. The average Bonchev–Trinajstić information content (AvgIpc) is 2.89. The van der Waals surface area contributed by atoms with Crippen LogP contribution in [0.3, 0.4) is 0 Å². The molecule has 4 rings (SSSR count). The van der Waals surface area contributed by atoms with Gasteiger partial charge in [0.05, 0.1) is 19.8 Å². The number of aromatic nitrogens is 1. The van der Waals surface area contributed by atoms with Crippen molar-refractivity contribution in [3.05, 3.63) is 66.4 Å².